The maximum Gasteiger partial charge on any atom is 0.207 e. The monoisotopic (exact) mass is 446 g/mol. The number of ether oxygens (including phenoxy) is 2. The molecule has 1 unspecified atom stereocenters. The highest BCUT2D eigenvalue weighted by molar-refractivity contribution is 9.11. The molecule has 3 rings (SSSR count). The van der Waals surface area contributed by atoms with Gasteiger partial charge >= 0.3 is 0 Å². The van der Waals surface area contributed by atoms with Crippen molar-refractivity contribution in [2.75, 3.05) is 13.2 Å². The maximum atomic E-state index is 12.8. The second-order valence-corrected chi connectivity index (χ2v) is 8.51. The summed E-state index contributed by atoms with van der Waals surface area (Å²) in [5.41, 5.74) is 0. The summed E-state index contributed by atoms with van der Waals surface area (Å²) < 4.78 is 37.4. The number of sulfone groups is 1. The van der Waals surface area contributed by atoms with E-state index < -0.39 is 9.84 Å². The van der Waals surface area contributed by atoms with Crippen LogP contribution in [0.3, 0.4) is 0 Å². The third kappa shape index (κ3) is 3.53. The number of epoxide rings is 1. The van der Waals surface area contributed by atoms with Gasteiger partial charge in [-0.15, -0.1) is 0 Å². The minimum atomic E-state index is -3.63. The fourth-order valence-electron chi connectivity index (χ4n) is 1.89. The van der Waals surface area contributed by atoms with Crippen molar-refractivity contribution < 1.29 is 17.9 Å². The van der Waals surface area contributed by atoms with Gasteiger partial charge in [0.25, 0.3) is 0 Å². The van der Waals surface area contributed by atoms with Crippen molar-refractivity contribution in [2.45, 2.75) is 15.9 Å². The molecule has 1 saturated heterocycles. The smallest absolute Gasteiger partial charge is 0.207 e. The summed E-state index contributed by atoms with van der Waals surface area (Å²) in [6.07, 6.45) is 0.125. The van der Waals surface area contributed by atoms with Gasteiger partial charge in [-0.3, -0.25) is 0 Å². The van der Waals surface area contributed by atoms with Crippen LogP contribution in [0, 0.1) is 0 Å². The average Bonchev–Trinajstić information content (AvgIpc) is 3.32. The molecular formula is C15H12Br2O4S. The van der Waals surface area contributed by atoms with Crippen molar-refractivity contribution in [1.82, 2.24) is 0 Å². The Labute approximate surface area is 145 Å². The molecule has 22 heavy (non-hydrogen) atoms. The van der Waals surface area contributed by atoms with E-state index in [0.717, 1.165) is 0 Å². The van der Waals surface area contributed by atoms with Crippen LogP contribution in [-0.4, -0.2) is 27.7 Å². The molecule has 0 aliphatic carbocycles. The van der Waals surface area contributed by atoms with E-state index in [2.05, 4.69) is 31.9 Å². The Morgan fingerprint density at radius 1 is 1.18 bits per heavy atom. The van der Waals surface area contributed by atoms with E-state index in [1.54, 1.807) is 36.4 Å². The second kappa shape index (κ2) is 6.31. The molecule has 0 spiro atoms. The fraction of sp³-hybridized carbons (Fsp3) is 0.200. The molecule has 1 heterocycles. The lowest BCUT2D eigenvalue weighted by molar-refractivity contribution is 0.262. The first-order chi connectivity index (χ1) is 10.5. The normalized spacial score (nSPS) is 17.3. The quantitative estimate of drug-likeness (QED) is 0.653. The molecule has 1 aliphatic heterocycles. The SMILES string of the molecule is O=S(=O)(c1cccc(OCC2CO2)c1)c1cc(Br)ccc1Br. The van der Waals surface area contributed by atoms with E-state index in [9.17, 15) is 8.42 Å². The summed E-state index contributed by atoms with van der Waals surface area (Å²) in [4.78, 5) is 0.407. The highest BCUT2D eigenvalue weighted by Crippen LogP contribution is 2.31. The molecule has 1 aliphatic rings. The van der Waals surface area contributed by atoms with Gasteiger partial charge in [0.15, 0.2) is 0 Å². The van der Waals surface area contributed by atoms with E-state index in [1.807, 2.05) is 0 Å². The molecule has 4 nitrogen and oxygen atoms in total. The minimum absolute atomic E-state index is 0.125. The molecule has 0 bridgehead atoms. The third-order valence-electron chi connectivity index (χ3n) is 3.14. The Morgan fingerprint density at radius 2 is 1.95 bits per heavy atom. The lowest BCUT2D eigenvalue weighted by atomic mass is 10.3. The molecule has 2 aromatic rings. The standard InChI is InChI=1S/C15H12Br2O4S/c16-10-4-5-14(17)15(6-10)22(18,19)13-3-1-2-11(7-13)20-8-12-9-21-12/h1-7,12H,8-9H2. The van der Waals surface area contributed by atoms with E-state index in [0.29, 0.717) is 27.9 Å². The minimum Gasteiger partial charge on any atom is -0.491 e. The predicted octanol–water partition coefficient (Wildman–Crippen LogP) is 3.82. The van der Waals surface area contributed by atoms with Gasteiger partial charge in [0.1, 0.15) is 18.5 Å². The highest BCUT2D eigenvalue weighted by Gasteiger charge is 2.24. The van der Waals surface area contributed by atoms with Crippen molar-refractivity contribution in [2.24, 2.45) is 0 Å². The number of hydrogen-bond donors (Lipinski definition) is 0. The topological polar surface area (TPSA) is 55.9 Å². The second-order valence-electron chi connectivity index (χ2n) is 4.82. The maximum absolute atomic E-state index is 12.8. The summed E-state index contributed by atoms with van der Waals surface area (Å²) in [6, 6.07) is 11.5. The largest absolute Gasteiger partial charge is 0.491 e. The Morgan fingerprint density at radius 3 is 2.68 bits per heavy atom. The first kappa shape index (κ1) is 16.0. The molecule has 0 radical (unpaired) electrons. The summed E-state index contributed by atoms with van der Waals surface area (Å²) >= 11 is 6.59. The number of halogens is 2. The van der Waals surface area contributed by atoms with Gasteiger partial charge in [-0.1, -0.05) is 22.0 Å². The van der Waals surface area contributed by atoms with Crippen LogP contribution in [0.4, 0.5) is 0 Å². The van der Waals surface area contributed by atoms with E-state index in [4.69, 9.17) is 9.47 Å². The summed E-state index contributed by atoms with van der Waals surface area (Å²) in [5.74, 6) is 0.516. The molecule has 0 aromatic heterocycles. The van der Waals surface area contributed by atoms with Crippen molar-refractivity contribution >= 4 is 41.7 Å². The zero-order chi connectivity index (χ0) is 15.7. The van der Waals surface area contributed by atoms with Gasteiger partial charge in [0.2, 0.25) is 9.84 Å². The Balaban J connectivity index is 1.94. The average molecular weight is 448 g/mol. The molecule has 0 amide bonds. The van der Waals surface area contributed by atoms with E-state index in [-0.39, 0.29) is 15.9 Å². The van der Waals surface area contributed by atoms with Gasteiger partial charge in [0.05, 0.1) is 16.4 Å². The van der Waals surface area contributed by atoms with Crippen LogP contribution < -0.4 is 4.74 Å². The summed E-state index contributed by atoms with van der Waals surface area (Å²) in [5, 5.41) is 0. The molecular weight excluding hydrogens is 436 g/mol. The van der Waals surface area contributed by atoms with Crippen LogP contribution in [0.25, 0.3) is 0 Å². The van der Waals surface area contributed by atoms with Crippen LogP contribution in [0.15, 0.2) is 61.2 Å². The van der Waals surface area contributed by atoms with Gasteiger partial charge < -0.3 is 9.47 Å². The Bertz CT molecular complexity index is 801. The zero-order valence-electron chi connectivity index (χ0n) is 11.3. The van der Waals surface area contributed by atoms with Gasteiger partial charge in [-0.05, 0) is 52.3 Å². The van der Waals surface area contributed by atoms with Crippen molar-refractivity contribution in [3.05, 3.63) is 51.4 Å². The fourth-order valence-corrected chi connectivity index (χ4v) is 4.68. The molecule has 0 saturated carbocycles. The zero-order valence-corrected chi connectivity index (χ0v) is 15.3. The molecule has 116 valence electrons. The molecule has 1 fully saturated rings. The third-order valence-corrected chi connectivity index (χ3v) is 6.38. The van der Waals surface area contributed by atoms with Crippen LogP contribution in [0.2, 0.25) is 0 Å². The van der Waals surface area contributed by atoms with Crippen LogP contribution in [0.5, 0.6) is 5.75 Å². The van der Waals surface area contributed by atoms with Gasteiger partial charge in [-0.25, -0.2) is 8.42 Å². The lowest BCUT2D eigenvalue weighted by Gasteiger charge is -2.10. The van der Waals surface area contributed by atoms with Crippen LogP contribution in [-0.2, 0) is 14.6 Å². The summed E-state index contributed by atoms with van der Waals surface area (Å²) in [7, 11) is -3.63. The van der Waals surface area contributed by atoms with Crippen molar-refractivity contribution in [1.29, 1.82) is 0 Å². The van der Waals surface area contributed by atoms with Crippen LogP contribution >= 0.6 is 31.9 Å². The van der Waals surface area contributed by atoms with E-state index >= 15 is 0 Å². The molecule has 1 atom stereocenters. The molecule has 7 heteroatoms. The lowest BCUT2D eigenvalue weighted by Crippen LogP contribution is -2.06. The van der Waals surface area contributed by atoms with Gasteiger partial charge in [0, 0.05) is 8.95 Å². The Hall–Kier alpha value is -0.890. The predicted molar refractivity (Wildman–Crippen MR) is 89.0 cm³/mol. The van der Waals surface area contributed by atoms with Crippen molar-refractivity contribution in [3.63, 3.8) is 0 Å². The Kier molecular flexibility index (Phi) is 4.59. The highest BCUT2D eigenvalue weighted by atomic mass is 79.9. The van der Waals surface area contributed by atoms with Gasteiger partial charge in [-0.2, -0.15) is 0 Å². The first-order valence-corrected chi connectivity index (χ1v) is 9.58. The molecule has 0 N–H and O–H groups in total. The number of benzene rings is 2. The van der Waals surface area contributed by atoms with E-state index in [1.165, 1.54) is 6.07 Å². The number of rotatable bonds is 5. The molecule has 2 aromatic carbocycles. The van der Waals surface area contributed by atoms with Crippen LogP contribution in [0.1, 0.15) is 0 Å². The summed E-state index contributed by atoms with van der Waals surface area (Å²) in [6.45, 7) is 1.13. The van der Waals surface area contributed by atoms with Crippen molar-refractivity contribution in [3.8, 4) is 5.75 Å². The first-order valence-electron chi connectivity index (χ1n) is 6.51. The number of hydrogen-bond acceptors (Lipinski definition) is 4.